The lowest BCUT2D eigenvalue weighted by atomic mass is 10.1. The molecule has 1 aromatic rings. The van der Waals surface area contributed by atoms with Gasteiger partial charge in [-0.1, -0.05) is 0 Å². The molecular weight excluding hydrogens is 238 g/mol. The summed E-state index contributed by atoms with van der Waals surface area (Å²) in [5.41, 5.74) is 2.09. The Hall–Kier alpha value is -1.30. The van der Waals surface area contributed by atoms with Gasteiger partial charge in [-0.05, 0) is 25.0 Å². The highest BCUT2D eigenvalue weighted by Gasteiger charge is 2.19. The van der Waals surface area contributed by atoms with E-state index in [1.54, 1.807) is 6.20 Å². The van der Waals surface area contributed by atoms with E-state index in [2.05, 4.69) is 15.6 Å². The van der Waals surface area contributed by atoms with E-state index >= 15 is 0 Å². The molecule has 0 aliphatic carbocycles. The van der Waals surface area contributed by atoms with Gasteiger partial charge in [-0.3, -0.25) is 0 Å². The number of aromatic nitrogens is 1. The van der Waals surface area contributed by atoms with Crippen LogP contribution in [0.5, 0.6) is 0 Å². The molecule has 94 valence electrons. The molecule has 0 aromatic carbocycles. The minimum atomic E-state index is -2.90. The molecule has 1 aliphatic heterocycles. The summed E-state index contributed by atoms with van der Waals surface area (Å²) in [7, 11) is -2.90. The van der Waals surface area contributed by atoms with Crippen LogP contribution in [0.3, 0.4) is 0 Å². The fourth-order valence-corrected chi connectivity index (χ4v) is 2.54. The lowest BCUT2D eigenvalue weighted by molar-refractivity contribution is 0.593. The largest absolute Gasteiger partial charge is 0.380 e. The van der Waals surface area contributed by atoms with Crippen LogP contribution in [0.4, 0.5) is 11.5 Å². The van der Waals surface area contributed by atoms with Gasteiger partial charge in [0.2, 0.25) is 0 Å². The number of nitrogens with one attached hydrogen (secondary N) is 2. The molecule has 0 amide bonds. The highest BCUT2D eigenvalue weighted by molar-refractivity contribution is 7.90. The predicted molar refractivity (Wildman–Crippen MR) is 69.2 cm³/mol. The van der Waals surface area contributed by atoms with Gasteiger partial charge >= 0.3 is 0 Å². The van der Waals surface area contributed by atoms with Crippen LogP contribution in [0.15, 0.2) is 12.3 Å². The van der Waals surface area contributed by atoms with Gasteiger partial charge in [0.05, 0.1) is 11.4 Å². The minimum absolute atomic E-state index is 0.118. The Bertz CT molecular complexity index is 513. The number of hydrogen-bond donors (Lipinski definition) is 2. The summed E-state index contributed by atoms with van der Waals surface area (Å²) in [6.07, 6.45) is 3.66. The summed E-state index contributed by atoms with van der Waals surface area (Å²) >= 11 is 0. The number of anilines is 2. The number of sulfone groups is 1. The van der Waals surface area contributed by atoms with Gasteiger partial charge in [0.15, 0.2) is 0 Å². The first-order valence-electron chi connectivity index (χ1n) is 5.59. The molecule has 1 atom stereocenters. The zero-order chi connectivity index (χ0) is 12.5. The molecule has 0 fully saturated rings. The summed E-state index contributed by atoms with van der Waals surface area (Å²) < 4.78 is 22.2. The van der Waals surface area contributed by atoms with Gasteiger partial charge in [-0.15, -0.1) is 0 Å². The predicted octanol–water partition coefficient (Wildman–Crippen LogP) is 1.03. The van der Waals surface area contributed by atoms with Gasteiger partial charge < -0.3 is 10.6 Å². The smallest absolute Gasteiger partial charge is 0.149 e. The maximum absolute atomic E-state index is 11.1. The lowest BCUT2D eigenvalue weighted by Gasteiger charge is -2.27. The van der Waals surface area contributed by atoms with E-state index in [0.717, 1.165) is 23.6 Å². The maximum atomic E-state index is 11.1. The molecule has 2 rings (SSSR count). The van der Waals surface area contributed by atoms with Crippen molar-refractivity contribution in [3.8, 4) is 0 Å². The molecule has 0 saturated carbocycles. The number of aryl methyl sites for hydroxylation is 1. The zero-order valence-electron chi connectivity index (χ0n) is 10.0. The number of fused-ring (bicyclic) bond motifs is 1. The van der Waals surface area contributed by atoms with Crippen molar-refractivity contribution in [3.05, 3.63) is 17.8 Å². The first-order chi connectivity index (χ1) is 7.94. The van der Waals surface area contributed by atoms with Crippen molar-refractivity contribution in [2.24, 2.45) is 0 Å². The Labute approximate surface area is 102 Å². The van der Waals surface area contributed by atoms with Crippen molar-refractivity contribution in [1.82, 2.24) is 4.98 Å². The molecule has 0 spiro atoms. The van der Waals surface area contributed by atoms with E-state index in [4.69, 9.17) is 0 Å². The van der Waals surface area contributed by atoms with Crippen LogP contribution in [0, 0.1) is 6.92 Å². The third-order valence-corrected chi connectivity index (χ3v) is 3.72. The SMILES string of the molecule is Cc1cnc2c(c1)NCC(CCS(C)(=O)=O)N2. The summed E-state index contributed by atoms with van der Waals surface area (Å²) in [5.74, 6) is 1.01. The molecule has 1 aromatic heterocycles. The normalized spacial score (nSPS) is 19.1. The summed E-state index contributed by atoms with van der Waals surface area (Å²) in [6, 6.07) is 2.15. The Morgan fingerprint density at radius 3 is 3.00 bits per heavy atom. The van der Waals surface area contributed by atoms with E-state index in [1.807, 2.05) is 13.0 Å². The standard InChI is InChI=1S/C11H17N3O2S/c1-8-5-10-11(13-6-8)14-9(7-12-10)3-4-17(2,15)16/h5-6,9,12H,3-4,7H2,1-2H3,(H,13,14). The molecular formula is C11H17N3O2S. The molecule has 17 heavy (non-hydrogen) atoms. The first kappa shape index (κ1) is 12.2. The van der Waals surface area contributed by atoms with Crippen molar-refractivity contribution < 1.29 is 8.42 Å². The van der Waals surface area contributed by atoms with Crippen LogP contribution >= 0.6 is 0 Å². The average Bonchev–Trinajstić information content (AvgIpc) is 2.25. The van der Waals surface area contributed by atoms with Crippen LogP contribution in [0.2, 0.25) is 0 Å². The Morgan fingerprint density at radius 1 is 1.53 bits per heavy atom. The highest BCUT2D eigenvalue weighted by Crippen LogP contribution is 2.25. The maximum Gasteiger partial charge on any atom is 0.149 e. The second-order valence-electron chi connectivity index (χ2n) is 4.55. The molecule has 5 nitrogen and oxygen atoms in total. The van der Waals surface area contributed by atoms with Gasteiger partial charge in [0.25, 0.3) is 0 Å². The number of nitrogens with zero attached hydrogens (tertiary/aromatic N) is 1. The molecule has 0 saturated heterocycles. The Balaban J connectivity index is 2.01. The monoisotopic (exact) mass is 255 g/mol. The summed E-state index contributed by atoms with van der Waals surface area (Å²) in [4.78, 5) is 4.29. The third kappa shape index (κ3) is 3.33. The second kappa shape index (κ2) is 4.52. The molecule has 0 radical (unpaired) electrons. The summed E-state index contributed by atoms with van der Waals surface area (Å²) in [5, 5.41) is 6.53. The first-order valence-corrected chi connectivity index (χ1v) is 7.65. The van der Waals surface area contributed by atoms with Crippen molar-refractivity contribution in [2.45, 2.75) is 19.4 Å². The van der Waals surface area contributed by atoms with E-state index in [9.17, 15) is 8.42 Å². The number of pyridine rings is 1. The van der Waals surface area contributed by atoms with E-state index in [1.165, 1.54) is 6.26 Å². The van der Waals surface area contributed by atoms with Gasteiger partial charge in [-0.2, -0.15) is 0 Å². The van der Waals surface area contributed by atoms with Crippen molar-refractivity contribution in [1.29, 1.82) is 0 Å². The van der Waals surface area contributed by atoms with E-state index < -0.39 is 9.84 Å². The molecule has 6 heteroatoms. The lowest BCUT2D eigenvalue weighted by Crippen LogP contribution is -2.35. The van der Waals surface area contributed by atoms with Crippen LogP contribution in [-0.4, -0.2) is 38.0 Å². The topological polar surface area (TPSA) is 71.1 Å². The zero-order valence-corrected chi connectivity index (χ0v) is 10.8. The fourth-order valence-electron chi connectivity index (χ4n) is 1.83. The van der Waals surface area contributed by atoms with Crippen LogP contribution < -0.4 is 10.6 Å². The van der Waals surface area contributed by atoms with E-state index in [-0.39, 0.29) is 11.8 Å². The molecule has 2 heterocycles. The highest BCUT2D eigenvalue weighted by atomic mass is 32.2. The van der Waals surface area contributed by atoms with Crippen LogP contribution in [0.1, 0.15) is 12.0 Å². The molecule has 0 bridgehead atoms. The average molecular weight is 255 g/mol. The second-order valence-corrected chi connectivity index (χ2v) is 6.81. The third-order valence-electron chi connectivity index (χ3n) is 2.74. The molecule has 1 unspecified atom stereocenters. The Morgan fingerprint density at radius 2 is 2.29 bits per heavy atom. The van der Waals surface area contributed by atoms with Gasteiger partial charge in [0.1, 0.15) is 15.7 Å². The number of hydrogen-bond acceptors (Lipinski definition) is 5. The van der Waals surface area contributed by atoms with Gasteiger partial charge in [0, 0.05) is 25.0 Å². The van der Waals surface area contributed by atoms with Crippen molar-refractivity contribution in [3.63, 3.8) is 0 Å². The van der Waals surface area contributed by atoms with Crippen molar-refractivity contribution >= 4 is 21.3 Å². The van der Waals surface area contributed by atoms with E-state index in [0.29, 0.717) is 6.42 Å². The quantitative estimate of drug-likeness (QED) is 0.844. The van der Waals surface area contributed by atoms with Crippen molar-refractivity contribution in [2.75, 3.05) is 29.2 Å². The Kier molecular flexibility index (Phi) is 3.24. The minimum Gasteiger partial charge on any atom is -0.380 e. The van der Waals surface area contributed by atoms with Crippen LogP contribution in [-0.2, 0) is 9.84 Å². The molecule has 2 N–H and O–H groups in total. The summed E-state index contributed by atoms with van der Waals surface area (Å²) in [6.45, 7) is 2.72. The fraction of sp³-hybridized carbons (Fsp3) is 0.545. The number of rotatable bonds is 3. The van der Waals surface area contributed by atoms with Crippen LogP contribution in [0.25, 0.3) is 0 Å². The molecule has 1 aliphatic rings. The van der Waals surface area contributed by atoms with Gasteiger partial charge in [-0.25, -0.2) is 13.4 Å².